The molecule has 0 amide bonds. The molecule has 0 spiro atoms. The van der Waals surface area contributed by atoms with E-state index in [0.717, 1.165) is 0 Å². The van der Waals surface area contributed by atoms with Gasteiger partial charge in [-0.1, -0.05) is 0 Å². The third kappa shape index (κ3) is 3.25. The molecule has 1 N–H and O–H groups in total. The number of fused-ring (bicyclic) bond motifs is 1. The monoisotopic (exact) mass is 341 g/mol. The Labute approximate surface area is 134 Å². The molecule has 0 radical (unpaired) electrons. The maximum atomic E-state index is 12.8. The van der Waals surface area contributed by atoms with Gasteiger partial charge >= 0.3 is 5.97 Å². The maximum absolute atomic E-state index is 12.8. The van der Waals surface area contributed by atoms with Gasteiger partial charge in [0.25, 0.3) is 0 Å². The number of carboxylic acids is 1. The molecule has 0 aromatic heterocycles. The molecular weight excluding hydrogens is 322 g/mol. The van der Waals surface area contributed by atoms with Crippen LogP contribution in [0, 0.1) is 6.92 Å². The van der Waals surface area contributed by atoms with Crippen LogP contribution in [0.1, 0.15) is 22.3 Å². The van der Waals surface area contributed by atoms with Crippen molar-refractivity contribution in [3.05, 3.63) is 29.3 Å². The van der Waals surface area contributed by atoms with Crippen molar-refractivity contribution in [2.45, 2.75) is 30.4 Å². The van der Waals surface area contributed by atoms with Crippen LogP contribution >= 0.6 is 0 Å². The number of hydrogen-bond acceptors (Lipinski definition) is 5. The van der Waals surface area contributed by atoms with Crippen LogP contribution in [-0.2, 0) is 19.5 Å². The van der Waals surface area contributed by atoms with E-state index in [1.54, 1.807) is 6.92 Å². The summed E-state index contributed by atoms with van der Waals surface area (Å²) in [5.74, 6) is -1.15. The number of aryl methyl sites for hydroxylation is 1. The molecule has 2 aliphatic rings. The Bertz CT molecular complexity index is 717. The van der Waals surface area contributed by atoms with Gasteiger partial charge in [0, 0.05) is 13.1 Å². The lowest BCUT2D eigenvalue weighted by Gasteiger charge is -2.40. The van der Waals surface area contributed by atoms with Gasteiger partial charge in [0.1, 0.15) is 0 Å². The fraction of sp³-hybridized carbons (Fsp3) is 0.533. The fourth-order valence-corrected chi connectivity index (χ4v) is 4.60. The summed E-state index contributed by atoms with van der Waals surface area (Å²) in [6.45, 7) is 3.23. The van der Waals surface area contributed by atoms with E-state index in [9.17, 15) is 13.2 Å². The van der Waals surface area contributed by atoms with Crippen molar-refractivity contribution in [3.63, 3.8) is 0 Å². The first kappa shape index (κ1) is 16.4. The second-order valence-corrected chi connectivity index (χ2v) is 7.75. The van der Waals surface area contributed by atoms with E-state index < -0.39 is 16.0 Å². The zero-order valence-corrected chi connectivity index (χ0v) is 13.6. The van der Waals surface area contributed by atoms with Gasteiger partial charge in [-0.2, -0.15) is 4.31 Å². The van der Waals surface area contributed by atoms with Crippen LogP contribution < -0.4 is 0 Å². The number of aromatic carboxylic acids is 1. The Morgan fingerprint density at radius 1 is 1.22 bits per heavy atom. The van der Waals surface area contributed by atoms with E-state index in [-0.39, 0.29) is 29.2 Å². The standard InChI is InChI=1S/C15H19NO6S/c1-10-6-11(15(17)18)8-12(7-10)23(19,20)16-3-2-13-14(9-16)22-5-4-21-13/h6-8,13-14H,2-5,9H2,1H3,(H,17,18)/t13-,14-/m0/s1. The molecule has 0 bridgehead atoms. The van der Waals surface area contributed by atoms with Gasteiger partial charge in [0.05, 0.1) is 35.9 Å². The molecule has 2 atom stereocenters. The topological polar surface area (TPSA) is 93.1 Å². The maximum Gasteiger partial charge on any atom is 0.335 e. The first-order chi connectivity index (χ1) is 10.9. The van der Waals surface area contributed by atoms with Gasteiger partial charge in [0.15, 0.2) is 0 Å². The van der Waals surface area contributed by atoms with Crippen molar-refractivity contribution in [1.82, 2.24) is 4.31 Å². The highest BCUT2D eigenvalue weighted by Crippen LogP contribution is 2.26. The van der Waals surface area contributed by atoms with Crippen molar-refractivity contribution >= 4 is 16.0 Å². The van der Waals surface area contributed by atoms with Crippen LogP contribution in [0.3, 0.4) is 0 Å². The minimum absolute atomic E-state index is 0.00470. The molecular formula is C15H19NO6S. The van der Waals surface area contributed by atoms with Gasteiger partial charge in [-0.3, -0.25) is 0 Å². The number of rotatable bonds is 3. The summed E-state index contributed by atoms with van der Waals surface area (Å²) in [5, 5.41) is 9.12. The lowest BCUT2D eigenvalue weighted by Crippen LogP contribution is -2.53. The summed E-state index contributed by atoms with van der Waals surface area (Å²) in [7, 11) is -3.76. The molecule has 2 heterocycles. The van der Waals surface area contributed by atoms with Crippen LogP contribution in [0.4, 0.5) is 0 Å². The molecule has 7 nitrogen and oxygen atoms in total. The Hall–Kier alpha value is -1.48. The number of sulfonamides is 1. The summed E-state index contributed by atoms with van der Waals surface area (Å²) < 4.78 is 38.2. The first-order valence-electron chi connectivity index (χ1n) is 7.46. The van der Waals surface area contributed by atoms with Crippen molar-refractivity contribution < 1.29 is 27.8 Å². The number of ether oxygens (including phenoxy) is 2. The molecule has 126 valence electrons. The zero-order valence-electron chi connectivity index (χ0n) is 12.8. The van der Waals surface area contributed by atoms with Crippen molar-refractivity contribution in [3.8, 4) is 0 Å². The zero-order chi connectivity index (χ0) is 16.6. The summed E-state index contributed by atoms with van der Waals surface area (Å²) in [6, 6.07) is 4.15. The summed E-state index contributed by atoms with van der Waals surface area (Å²) in [5.41, 5.74) is 0.561. The molecule has 1 aromatic carbocycles. The second kappa shape index (κ2) is 6.20. The van der Waals surface area contributed by atoms with Gasteiger partial charge in [-0.05, 0) is 37.1 Å². The molecule has 1 aromatic rings. The molecule has 3 rings (SSSR count). The van der Waals surface area contributed by atoms with Gasteiger partial charge in [-0.15, -0.1) is 0 Å². The number of hydrogen-bond donors (Lipinski definition) is 1. The average molecular weight is 341 g/mol. The summed E-state index contributed by atoms with van der Waals surface area (Å²) in [6.07, 6.45) is 0.236. The van der Waals surface area contributed by atoms with E-state index in [1.807, 2.05) is 0 Å². The first-order valence-corrected chi connectivity index (χ1v) is 8.90. The molecule has 2 aliphatic heterocycles. The Morgan fingerprint density at radius 3 is 2.61 bits per heavy atom. The number of nitrogens with zero attached hydrogens (tertiary/aromatic N) is 1. The normalized spacial score (nSPS) is 25.8. The Kier molecular flexibility index (Phi) is 4.41. The highest BCUT2D eigenvalue weighted by molar-refractivity contribution is 7.89. The largest absolute Gasteiger partial charge is 0.478 e. The van der Waals surface area contributed by atoms with E-state index >= 15 is 0 Å². The Morgan fingerprint density at radius 2 is 1.91 bits per heavy atom. The lowest BCUT2D eigenvalue weighted by molar-refractivity contribution is -0.157. The van der Waals surface area contributed by atoms with E-state index in [0.29, 0.717) is 31.7 Å². The van der Waals surface area contributed by atoms with Crippen LogP contribution in [0.15, 0.2) is 23.1 Å². The highest BCUT2D eigenvalue weighted by Gasteiger charge is 2.38. The predicted molar refractivity (Wildman–Crippen MR) is 81.0 cm³/mol. The smallest absolute Gasteiger partial charge is 0.335 e. The number of piperidine rings is 1. The minimum atomic E-state index is -3.76. The van der Waals surface area contributed by atoms with Gasteiger partial charge < -0.3 is 14.6 Å². The third-order valence-corrected chi connectivity index (χ3v) is 5.99. The summed E-state index contributed by atoms with van der Waals surface area (Å²) in [4.78, 5) is 11.2. The van der Waals surface area contributed by atoms with E-state index in [1.165, 1.54) is 22.5 Å². The Balaban J connectivity index is 1.88. The predicted octanol–water partition coefficient (Wildman–Crippen LogP) is 0.872. The second-order valence-electron chi connectivity index (χ2n) is 5.81. The third-order valence-electron chi connectivity index (χ3n) is 4.14. The highest BCUT2D eigenvalue weighted by atomic mass is 32.2. The number of benzene rings is 1. The molecule has 2 saturated heterocycles. The minimum Gasteiger partial charge on any atom is -0.478 e. The van der Waals surface area contributed by atoms with Crippen LogP contribution in [0.25, 0.3) is 0 Å². The fourth-order valence-electron chi connectivity index (χ4n) is 3.00. The van der Waals surface area contributed by atoms with Crippen LogP contribution in [-0.4, -0.2) is 62.3 Å². The molecule has 0 saturated carbocycles. The summed E-state index contributed by atoms with van der Waals surface area (Å²) >= 11 is 0. The molecule has 2 fully saturated rings. The van der Waals surface area contributed by atoms with E-state index in [2.05, 4.69) is 0 Å². The number of carbonyl (C=O) groups is 1. The van der Waals surface area contributed by atoms with Crippen LogP contribution in [0.5, 0.6) is 0 Å². The van der Waals surface area contributed by atoms with Crippen LogP contribution in [0.2, 0.25) is 0 Å². The van der Waals surface area contributed by atoms with Gasteiger partial charge in [0.2, 0.25) is 10.0 Å². The van der Waals surface area contributed by atoms with Crippen molar-refractivity contribution in [1.29, 1.82) is 0 Å². The molecule has 23 heavy (non-hydrogen) atoms. The van der Waals surface area contributed by atoms with E-state index in [4.69, 9.17) is 14.6 Å². The number of carboxylic acid groups (broad SMARTS) is 1. The SMILES string of the molecule is Cc1cc(C(=O)O)cc(S(=O)(=O)N2CC[C@@H]3OCCO[C@H]3C2)c1. The van der Waals surface area contributed by atoms with Crippen molar-refractivity contribution in [2.24, 2.45) is 0 Å². The quantitative estimate of drug-likeness (QED) is 0.877. The molecule has 8 heteroatoms. The lowest BCUT2D eigenvalue weighted by atomic mass is 10.1. The van der Waals surface area contributed by atoms with Crippen molar-refractivity contribution in [2.75, 3.05) is 26.3 Å². The average Bonchev–Trinajstić information content (AvgIpc) is 2.53. The van der Waals surface area contributed by atoms with Gasteiger partial charge in [-0.25, -0.2) is 13.2 Å². The molecule has 0 aliphatic carbocycles. The molecule has 0 unspecified atom stereocenters.